The minimum atomic E-state index is -0.208. The Morgan fingerprint density at radius 1 is 1.32 bits per heavy atom. The van der Waals surface area contributed by atoms with Crippen LogP contribution in [0.5, 0.6) is 0 Å². The van der Waals surface area contributed by atoms with Crippen LogP contribution in [0.1, 0.15) is 31.9 Å². The molecule has 0 aliphatic rings. The van der Waals surface area contributed by atoms with Crippen LogP contribution < -0.4 is 5.32 Å². The Morgan fingerprint density at radius 3 is 2.68 bits per heavy atom. The predicted octanol–water partition coefficient (Wildman–Crippen LogP) is 3.50. The SMILES string of the molecule is Cc1ccc(-n2ccnc2SCC(=O)NC(C)(C)C)c(C)c1. The van der Waals surface area contributed by atoms with E-state index in [1.807, 2.05) is 31.5 Å². The molecule has 5 heteroatoms. The van der Waals surface area contributed by atoms with Gasteiger partial charge in [-0.15, -0.1) is 0 Å². The van der Waals surface area contributed by atoms with E-state index in [-0.39, 0.29) is 11.4 Å². The Labute approximate surface area is 136 Å². The van der Waals surface area contributed by atoms with Crippen molar-refractivity contribution in [3.63, 3.8) is 0 Å². The summed E-state index contributed by atoms with van der Waals surface area (Å²) in [4.78, 5) is 16.3. The average Bonchev–Trinajstić information content (AvgIpc) is 2.82. The molecule has 0 saturated carbocycles. The smallest absolute Gasteiger partial charge is 0.230 e. The predicted molar refractivity (Wildman–Crippen MR) is 91.7 cm³/mol. The van der Waals surface area contributed by atoms with Crippen LogP contribution >= 0.6 is 11.8 Å². The summed E-state index contributed by atoms with van der Waals surface area (Å²) in [6, 6.07) is 6.32. The molecule has 1 aromatic heterocycles. The van der Waals surface area contributed by atoms with E-state index in [1.54, 1.807) is 6.20 Å². The van der Waals surface area contributed by atoms with E-state index in [4.69, 9.17) is 0 Å². The number of benzene rings is 1. The molecule has 2 aromatic rings. The first-order valence-electron chi connectivity index (χ1n) is 7.31. The van der Waals surface area contributed by atoms with E-state index in [0.717, 1.165) is 10.8 Å². The monoisotopic (exact) mass is 317 g/mol. The van der Waals surface area contributed by atoms with Crippen molar-refractivity contribution in [2.45, 2.75) is 45.3 Å². The number of nitrogens with zero attached hydrogens (tertiary/aromatic N) is 2. The summed E-state index contributed by atoms with van der Waals surface area (Å²) in [6.07, 6.45) is 3.70. The Bertz CT molecular complexity index is 671. The molecule has 1 N–H and O–H groups in total. The van der Waals surface area contributed by atoms with Crippen molar-refractivity contribution < 1.29 is 4.79 Å². The molecule has 1 aromatic carbocycles. The number of aromatic nitrogens is 2. The first kappa shape index (κ1) is 16.6. The summed E-state index contributed by atoms with van der Waals surface area (Å²) in [7, 11) is 0. The standard InChI is InChI=1S/C17H23N3OS/c1-12-6-7-14(13(2)10-12)20-9-8-18-16(20)22-11-15(21)19-17(3,4)5/h6-10H,11H2,1-5H3,(H,19,21). The van der Waals surface area contributed by atoms with Crippen LogP contribution in [0, 0.1) is 13.8 Å². The van der Waals surface area contributed by atoms with Gasteiger partial charge < -0.3 is 5.32 Å². The summed E-state index contributed by atoms with van der Waals surface area (Å²) >= 11 is 1.45. The van der Waals surface area contributed by atoms with Gasteiger partial charge in [-0.2, -0.15) is 0 Å². The number of aryl methyl sites for hydroxylation is 2. The molecule has 0 spiro atoms. The largest absolute Gasteiger partial charge is 0.351 e. The zero-order chi connectivity index (χ0) is 16.3. The van der Waals surface area contributed by atoms with E-state index in [0.29, 0.717) is 5.75 Å². The van der Waals surface area contributed by atoms with E-state index >= 15 is 0 Å². The molecule has 0 aliphatic carbocycles. The molecule has 2 rings (SSSR count). The number of imidazole rings is 1. The molecule has 1 amide bonds. The third kappa shape index (κ3) is 4.37. The number of rotatable bonds is 4. The number of hydrogen-bond donors (Lipinski definition) is 1. The highest BCUT2D eigenvalue weighted by molar-refractivity contribution is 7.99. The minimum Gasteiger partial charge on any atom is -0.351 e. The van der Waals surface area contributed by atoms with Crippen LogP contribution in [0.3, 0.4) is 0 Å². The molecule has 22 heavy (non-hydrogen) atoms. The van der Waals surface area contributed by atoms with Crippen molar-refractivity contribution >= 4 is 17.7 Å². The minimum absolute atomic E-state index is 0.0210. The second-order valence-corrected chi connectivity index (χ2v) is 7.40. The normalized spacial score (nSPS) is 11.5. The lowest BCUT2D eigenvalue weighted by Gasteiger charge is -2.20. The fraction of sp³-hybridized carbons (Fsp3) is 0.412. The third-order valence-electron chi connectivity index (χ3n) is 3.07. The maximum atomic E-state index is 11.9. The summed E-state index contributed by atoms with van der Waals surface area (Å²) in [5.74, 6) is 0.381. The molecule has 1 heterocycles. The zero-order valence-electron chi connectivity index (χ0n) is 13.8. The third-order valence-corrected chi connectivity index (χ3v) is 4.03. The molecule has 0 bridgehead atoms. The van der Waals surface area contributed by atoms with Gasteiger partial charge in [-0.05, 0) is 46.2 Å². The Morgan fingerprint density at radius 2 is 2.05 bits per heavy atom. The number of nitrogens with one attached hydrogen (secondary N) is 1. The summed E-state index contributed by atoms with van der Waals surface area (Å²) < 4.78 is 2.03. The lowest BCUT2D eigenvalue weighted by molar-refractivity contribution is -0.119. The van der Waals surface area contributed by atoms with E-state index < -0.39 is 0 Å². The van der Waals surface area contributed by atoms with Crippen molar-refractivity contribution in [3.05, 3.63) is 41.7 Å². The van der Waals surface area contributed by atoms with Crippen LogP contribution in [0.2, 0.25) is 0 Å². The number of hydrogen-bond acceptors (Lipinski definition) is 3. The summed E-state index contributed by atoms with van der Waals surface area (Å²) in [6.45, 7) is 10.1. The number of carbonyl (C=O) groups is 1. The van der Waals surface area contributed by atoms with Gasteiger partial charge in [0.15, 0.2) is 5.16 Å². The first-order chi connectivity index (χ1) is 10.3. The highest BCUT2D eigenvalue weighted by atomic mass is 32.2. The zero-order valence-corrected chi connectivity index (χ0v) is 14.6. The van der Waals surface area contributed by atoms with Gasteiger partial charge in [0, 0.05) is 17.9 Å². The highest BCUT2D eigenvalue weighted by Gasteiger charge is 2.15. The number of carbonyl (C=O) groups excluding carboxylic acids is 1. The van der Waals surface area contributed by atoms with Crippen molar-refractivity contribution in [2.24, 2.45) is 0 Å². The van der Waals surface area contributed by atoms with Gasteiger partial charge in [-0.3, -0.25) is 9.36 Å². The van der Waals surface area contributed by atoms with Crippen molar-refractivity contribution in [1.29, 1.82) is 0 Å². The molecule has 0 fully saturated rings. The lowest BCUT2D eigenvalue weighted by Crippen LogP contribution is -2.41. The fourth-order valence-corrected chi connectivity index (χ4v) is 3.01. The quantitative estimate of drug-likeness (QED) is 0.878. The van der Waals surface area contributed by atoms with Crippen molar-refractivity contribution in [1.82, 2.24) is 14.9 Å². The van der Waals surface area contributed by atoms with E-state index in [1.165, 1.54) is 22.9 Å². The molecule has 0 saturated heterocycles. The van der Waals surface area contributed by atoms with Crippen molar-refractivity contribution in [2.75, 3.05) is 5.75 Å². The van der Waals surface area contributed by atoms with Gasteiger partial charge in [0.05, 0.1) is 11.4 Å². The Balaban J connectivity index is 2.12. The van der Waals surface area contributed by atoms with E-state index in [9.17, 15) is 4.79 Å². The van der Waals surface area contributed by atoms with Crippen LogP contribution in [-0.2, 0) is 4.79 Å². The molecule has 4 nitrogen and oxygen atoms in total. The highest BCUT2D eigenvalue weighted by Crippen LogP contribution is 2.23. The Hall–Kier alpha value is -1.75. The topological polar surface area (TPSA) is 46.9 Å². The number of amides is 1. The van der Waals surface area contributed by atoms with E-state index in [2.05, 4.69) is 42.3 Å². The molecular formula is C17H23N3OS. The van der Waals surface area contributed by atoms with Crippen LogP contribution in [0.25, 0.3) is 5.69 Å². The molecular weight excluding hydrogens is 294 g/mol. The van der Waals surface area contributed by atoms with Crippen molar-refractivity contribution in [3.8, 4) is 5.69 Å². The fourth-order valence-electron chi connectivity index (χ4n) is 2.24. The molecule has 0 atom stereocenters. The molecule has 118 valence electrons. The van der Waals surface area contributed by atoms with Gasteiger partial charge in [-0.1, -0.05) is 29.5 Å². The first-order valence-corrected chi connectivity index (χ1v) is 8.29. The van der Waals surface area contributed by atoms with Gasteiger partial charge in [0.2, 0.25) is 5.91 Å². The number of thioether (sulfide) groups is 1. The van der Waals surface area contributed by atoms with Crippen LogP contribution in [0.4, 0.5) is 0 Å². The van der Waals surface area contributed by atoms with Gasteiger partial charge >= 0.3 is 0 Å². The van der Waals surface area contributed by atoms with Gasteiger partial charge in [-0.25, -0.2) is 4.98 Å². The lowest BCUT2D eigenvalue weighted by atomic mass is 10.1. The molecule has 0 radical (unpaired) electrons. The second-order valence-electron chi connectivity index (χ2n) is 6.46. The maximum Gasteiger partial charge on any atom is 0.230 e. The van der Waals surface area contributed by atoms with Crippen LogP contribution in [-0.4, -0.2) is 26.8 Å². The Kier molecular flexibility index (Phi) is 4.96. The van der Waals surface area contributed by atoms with Crippen LogP contribution in [0.15, 0.2) is 35.7 Å². The maximum absolute atomic E-state index is 11.9. The molecule has 0 aliphatic heterocycles. The second kappa shape index (κ2) is 6.57. The van der Waals surface area contributed by atoms with Gasteiger partial charge in [0.25, 0.3) is 0 Å². The molecule has 0 unspecified atom stereocenters. The average molecular weight is 317 g/mol. The summed E-state index contributed by atoms with van der Waals surface area (Å²) in [5, 5.41) is 3.79. The van der Waals surface area contributed by atoms with Gasteiger partial charge in [0.1, 0.15) is 0 Å². The summed E-state index contributed by atoms with van der Waals surface area (Å²) in [5.41, 5.74) is 3.32.